The standard InChI is InChI=1S/C18H19N7O5S/c1-11(25-31(28,29)15-5-3-14(4-6-15)20-12(2)26)17(27)22-23-18-21-16(24-30-18)13-7-9-19-10-8-13/h3-11,25H,1-2H3,(H,20,26)(H,22,27)(H,21,23,24)/t11-/m0/s1. The van der Waals surface area contributed by atoms with Gasteiger partial charge in [-0.2, -0.15) is 9.71 Å². The van der Waals surface area contributed by atoms with Gasteiger partial charge < -0.3 is 9.84 Å². The highest BCUT2D eigenvalue weighted by Gasteiger charge is 2.22. The summed E-state index contributed by atoms with van der Waals surface area (Å²) in [5.74, 6) is -0.668. The molecule has 2 aromatic heterocycles. The lowest BCUT2D eigenvalue weighted by atomic mass is 10.3. The van der Waals surface area contributed by atoms with Gasteiger partial charge in [-0.05, 0) is 43.3 Å². The Morgan fingerprint density at radius 1 is 1.06 bits per heavy atom. The maximum Gasteiger partial charge on any atom is 0.340 e. The van der Waals surface area contributed by atoms with Crippen LogP contribution in [0.1, 0.15) is 13.8 Å². The van der Waals surface area contributed by atoms with Gasteiger partial charge in [-0.15, -0.1) is 0 Å². The van der Waals surface area contributed by atoms with Crippen LogP contribution in [0.2, 0.25) is 0 Å². The summed E-state index contributed by atoms with van der Waals surface area (Å²) in [5.41, 5.74) is 5.85. The summed E-state index contributed by atoms with van der Waals surface area (Å²) >= 11 is 0. The maximum absolute atomic E-state index is 12.5. The van der Waals surface area contributed by atoms with E-state index in [1.165, 1.54) is 38.1 Å². The van der Waals surface area contributed by atoms with Crippen molar-refractivity contribution in [3.63, 3.8) is 0 Å². The predicted octanol–water partition coefficient (Wildman–Crippen LogP) is 0.900. The number of hydrogen-bond donors (Lipinski definition) is 4. The van der Waals surface area contributed by atoms with E-state index in [0.717, 1.165) is 0 Å². The molecule has 2 heterocycles. The quantitative estimate of drug-likeness (QED) is 0.368. The van der Waals surface area contributed by atoms with Crippen LogP contribution in [0.15, 0.2) is 58.2 Å². The second-order valence-electron chi connectivity index (χ2n) is 6.32. The molecule has 13 heteroatoms. The van der Waals surface area contributed by atoms with Crippen molar-refractivity contribution in [3.05, 3.63) is 48.8 Å². The second kappa shape index (κ2) is 9.32. The molecule has 31 heavy (non-hydrogen) atoms. The van der Waals surface area contributed by atoms with Gasteiger partial charge in [0.15, 0.2) is 0 Å². The van der Waals surface area contributed by atoms with Gasteiger partial charge >= 0.3 is 6.01 Å². The summed E-state index contributed by atoms with van der Waals surface area (Å²) in [6.45, 7) is 2.71. The van der Waals surface area contributed by atoms with Crippen molar-refractivity contribution in [2.24, 2.45) is 0 Å². The number of nitrogens with zero attached hydrogens (tertiary/aromatic N) is 3. The molecule has 0 aliphatic carbocycles. The average Bonchev–Trinajstić information content (AvgIpc) is 3.21. The molecule has 0 saturated heterocycles. The molecule has 12 nitrogen and oxygen atoms in total. The van der Waals surface area contributed by atoms with Gasteiger partial charge in [-0.25, -0.2) is 13.8 Å². The third kappa shape index (κ3) is 5.83. The zero-order chi connectivity index (χ0) is 22.4. The zero-order valence-electron chi connectivity index (χ0n) is 16.5. The summed E-state index contributed by atoms with van der Waals surface area (Å²) in [6, 6.07) is 7.69. The molecule has 1 atom stereocenters. The summed E-state index contributed by atoms with van der Waals surface area (Å²) in [4.78, 5) is 31.2. The molecule has 3 rings (SSSR count). The van der Waals surface area contributed by atoms with Gasteiger partial charge in [0.1, 0.15) is 0 Å². The molecule has 0 aliphatic heterocycles. The fraction of sp³-hybridized carbons (Fsp3) is 0.167. The van der Waals surface area contributed by atoms with Crippen LogP contribution in [0.25, 0.3) is 11.4 Å². The summed E-state index contributed by atoms with van der Waals surface area (Å²) < 4.78 is 32.2. The highest BCUT2D eigenvalue weighted by Crippen LogP contribution is 2.16. The number of sulfonamides is 1. The smallest absolute Gasteiger partial charge is 0.326 e. The highest BCUT2D eigenvalue weighted by molar-refractivity contribution is 7.89. The second-order valence-corrected chi connectivity index (χ2v) is 8.04. The van der Waals surface area contributed by atoms with Crippen molar-refractivity contribution in [2.45, 2.75) is 24.8 Å². The SMILES string of the molecule is CC(=O)Nc1ccc(S(=O)(=O)N[C@@H](C)C(=O)NNc2nc(-c3ccncc3)no2)cc1. The molecule has 2 amide bonds. The van der Waals surface area contributed by atoms with E-state index in [0.29, 0.717) is 11.3 Å². The Labute approximate surface area is 177 Å². The van der Waals surface area contributed by atoms with Crippen molar-refractivity contribution in [2.75, 3.05) is 10.7 Å². The molecule has 0 saturated carbocycles. The lowest BCUT2D eigenvalue weighted by Crippen LogP contribution is -2.46. The van der Waals surface area contributed by atoms with Gasteiger partial charge in [-0.1, -0.05) is 5.16 Å². The first-order valence-electron chi connectivity index (χ1n) is 8.94. The molecular formula is C18H19N7O5S. The lowest BCUT2D eigenvalue weighted by molar-refractivity contribution is -0.121. The van der Waals surface area contributed by atoms with Gasteiger partial charge in [0.05, 0.1) is 10.9 Å². The van der Waals surface area contributed by atoms with E-state index in [1.54, 1.807) is 24.5 Å². The molecule has 0 fully saturated rings. The van der Waals surface area contributed by atoms with Crippen molar-refractivity contribution < 1.29 is 22.5 Å². The van der Waals surface area contributed by atoms with Crippen molar-refractivity contribution in [3.8, 4) is 11.4 Å². The first kappa shape index (κ1) is 21.9. The van der Waals surface area contributed by atoms with Crippen LogP contribution >= 0.6 is 0 Å². The van der Waals surface area contributed by atoms with Crippen LogP contribution < -0.4 is 20.9 Å². The molecule has 0 radical (unpaired) electrons. The minimum Gasteiger partial charge on any atom is -0.326 e. The van der Waals surface area contributed by atoms with E-state index in [1.807, 2.05) is 0 Å². The fourth-order valence-corrected chi connectivity index (χ4v) is 3.59. The number of nitrogens with one attached hydrogen (secondary N) is 4. The lowest BCUT2D eigenvalue weighted by Gasteiger charge is -2.14. The number of amides is 2. The average molecular weight is 445 g/mol. The van der Waals surface area contributed by atoms with Crippen LogP contribution in [0, 0.1) is 0 Å². The van der Waals surface area contributed by atoms with E-state index >= 15 is 0 Å². The molecule has 1 aromatic carbocycles. The van der Waals surface area contributed by atoms with E-state index in [2.05, 4.69) is 36.0 Å². The third-order valence-corrected chi connectivity index (χ3v) is 5.42. The van der Waals surface area contributed by atoms with Gasteiger partial charge in [0.25, 0.3) is 5.91 Å². The number of pyridine rings is 1. The largest absolute Gasteiger partial charge is 0.340 e. The summed E-state index contributed by atoms with van der Waals surface area (Å²) in [5, 5.41) is 6.31. The van der Waals surface area contributed by atoms with E-state index in [4.69, 9.17) is 4.52 Å². The minimum absolute atomic E-state index is 0.0619. The van der Waals surface area contributed by atoms with Crippen LogP contribution in [-0.2, 0) is 19.6 Å². The van der Waals surface area contributed by atoms with E-state index in [-0.39, 0.29) is 22.6 Å². The van der Waals surface area contributed by atoms with Crippen LogP contribution in [-0.4, -0.2) is 41.4 Å². The molecule has 0 spiro atoms. The van der Waals surface area contributed by atoms with Gasteiger partial charge in [-0.3, -0.25) is 20.0 Å². The monoisotopic (exact) mass is 445 g/mol. The fourth-order valence-electron chi connectivity index (χ4n) is 2.39. The topological polar surface area (TPSA) is 168 Å². The Balaban J connectivity index is 1.56. The van der Waals surface area contributed by atoms with Crippen molar-refractivity contribution >= 4 is 33.5 Å². The van der Waals surface area contributed by atoms with Crippen LogP contribution in [0.4, 0.5) is 11.7 Å². The minimum atomic E-state index is -3.97. The third-order valence-electron chi connectivity index (χ3n) is 3.87. The van der Waals surface area contributed by atoms with Crippen LogP contribution in [0.3, 0.4) is 0 Å². The number of anilines is 2. The first-order chi connectivity index (χ1) is 14.7. The molecule has 4 N–H and O–H groups in total. The first-order valence-corrected chi connectivity index (χ1v) is 10.4. The van der Waals surface area contributed by atoms with E-state index < -0.39 is 22.0 Å². The van der Waals surface area contributed by atoms with E-state index in [9.17, 15) is 18.0 Å². The molecule has 3 aromatic rings. The molecule has 0 aliphatic rings. The van der Waals surface area contributed by atoms with Crippen molar-refractivity contribution in [1.29, 1.82) is 0 Å². The molecular weight excluding hydrogens is 426 g/mol. The Morgan fingerprint density at radius 3 is 2.39 bits per heavy atom. The summed E-state index contributed by atoms with van der Waals surface area (Å²) in [7, 11) is -3.97. The number of carbonyl (C=O) groups excluding carboxylic acids is 2. The number of rotatable bonds is 8. The molecule has 0 bridgehead atoms. The number of aromatic nitrogens is 3. The highest BCUT2D eigenvalue weighted by atomic mass is 32.2. The van der Waals surface area contributed by atoms with Crippen molar-refractivity contribution in [1.82, 2.24) is 25.3 Å². The Morgan fingerprint density at radius 2 is 1.74 bits per heavy atom. The van der Waals surface area contributed by atoms with Gasteiger partial charge in [0.2, 0.25) is 21.8 Å². The number of carbonyl (C=O) groups is 2. The zero-order valence-corrected chi connectivity index (χ0v) is 17.3. The molecule has 0 unspecified atom stereocenters. The predicted molar refractivity (Wildman–Crippen MR) is 110 cm³/mol. The van der Waals surface area contributed by atoms with Crippen LogP contribution in [0.5, 0.6) is 0 Å². The summed E-state index contributed by atoms with van der Waals surface area (Å²) in [6.07, 6.45) is 3.14. The number of hydrogen-bond acceptors (Lipinski definition) is 9. The Hall–Kier alpha value is -3.84. The number of hydrazine groups is 1. The Bertz CT molecular complexity index is 1160. The molecule has 162 valence electrons. The number of benzene rings is 1. The Kier molecular flexibility index (Phi) is 6.57. The maximum atomic E-state index is 12.5. The van der Waals surface area contributed by atoms with Gasteiger partial charge in [0, 0.05) is 30.6 Å². The normalized spacial score (nSPS) is 12.1.